The summed E-state index contributed by atoms with van der Waals surface area (Å²) in [6.45, 7) is 2.93. The van der Waals surface area contributed by atoms with Crippen LogP contribution in [0.25, 0.3) is 11.1 Å². The number of hydrogen-bond acceptors (Lipinski definition) is 6. The first-order chi connectivity index (χ1) is 17.2. The Balaban J connectivity index is 1.37. The molecule has 2 aliphatic heterocycles. The van der Waals surface area contributed by atoms with Crippen LogP contribution in [0.15, 0.2) is 48.8 Å². The summed E-state index contributed by atoms with van der Waals surface area (Å²) in [5, 5.41) is 5.66. The summed E-state index contributed by atoms with van der Waals surface area (Å²) in [7, 11) is 0. The van der Waals surface area contributed by atoms with Crippen LogP contribution in [0.5, 0.6) is 0 Å². The van der Waals surface area contributed by atoms with Crippen LogP contribution in [0.4, 0.5) is 24.8 Å². The lowest BCUT2D eigenvalue weighted by molar-refractivity contribution is -0.141. The molecule has 1 atom stereocenters. The van der Waals surface area contributed by atoms with Gasteiger partial charge in [-0.15, -0.1) is 0 Å². The molecule has 11 heteroatoms. The number of rotatable bonds is 4. The smallest absolute Gasteiger partial charge is 0.354 e. The lowest BCUT2D eigenvalue weighted by Gasteiger charge is -2.32. The van der Waals surface area contributed by atoms with Crippen molar-refractivity contribution < 1.29 is 22.8 Å². The normalized spacial score (nSPS) is 19.6. The van der Waals surface area contributed by atoms with Crippen LogP contribution < -0.4 is 10.6 Å². The van der Waals surface area contributed by atoms with E-state index in [0.717, 1.165) is 35.4 Å². The van der Waals surface area contributed by atoms with E-state index in [0.29, 0.717) is 31.6 Å². The second-order valence-corrected chi connectivity index (χ2v) is 9.01. The van der Waals surface area contributed by atoms with Gasteiger partial charge >= 0.3 is 6.18 Å². The molecule has 5 rings (SSSR count). The first-order valence-electron chi connectivity index (χ1n) is 11.5. The van der Waals surface area contributed by atoms with E-state index in [2.05, 4.69) is 25.6 Å². The molecule has 0 radical (unpaired) electrons. The maximum Gasteiger partial charge on any atom is 0.433 e. The first kappa shape index (κ1) is 23.7. The standard InChI is InChI=1S/C25H23F3N6O2/c1-15-11-17(13-18(12-15)32-23-30-8-5-20(33-23)25(26,27)28)16-3-4-19(31-14-16)21(35)34-10-2-6-24(34)7-9-29-22(24)36/h3-5,8,11-14H,2,6-7,9-10H2,1H3,(H,29,36)(H,30,32,33). The van der Waals surface area contributed by atoms with Crippen LogP contribution in [0.2, 0.25) is 0 Å². The Morgan fingerprint density at radius 1 is 1.11 bits per heavy atom. The van der Waals surface area contributed by atoms with E-state index in [4.69, 9.17) is 0 Å². The molecule has 2 aromatic heterocycles. The lowest BCUT2D eigenvalue weighted by Crippen LogP contribution is -2.52. The van der Waals surface area contributed by atoms with Gasteiger partial charge in [-0.3, -0.25) is 14.6 Å². The Morgan fingerprint density at radius 2 is 1.94 bits per heavy atom. The second-order valence-electron chi connectivity index (χ2n) is 9.01. The molecule has 0 saturated carbocycles. The molecule has 2 aliphatic rings. The van der Waals surface area contributed by atoms with Gasteiger partial charge in [0.25, 0.3) is 5.91 Å². The number of carbonyl (C=O) groups is 2. The first-order valence-corrected chi connectivity index (χ1v) is 11.5. The lowest BCUT2D eigenvalue weighted by atomic mass is 9.94. The van der Waals surface area contributed by atoms with Gasteiger partial charge in [-0.25, -0.2) is 9.97 Å². The van der Waals surface area contributed by atoms with E-state index < -0.39 is 17.4 Å². The number of nitrogens with one attached hydrogen (secondary N) is 2. The van der Waals surface area contributed by atoms with Crippen LogP contribution in [-0.2, 0) is 11.0 Å². The van der Waals surface area contributed by atoms with Crippen LogP contribution in [-0.4, -0.2) is 50.3 Å². The molecule has 4 heterocycles. The highest BCUT2D eigenvalue weighted by molar-refractivity contribution is 5.99. The topological polar surface area (TPSA) is 100 Å². The molecule has 36 heavy (non-hydrogen) atoms. The fraction of sp³-hybridized carbons (Fsp3) is 0.320. The third-order valence-corrected chi connectivity index (χ3v) is 6.58. The summed E-state index contributed by atoms with van der Waals surface area (Å²) in [5.74, 6) is -0.546. The number of pyridine rings is 1. The number of aromatic nitrogens is 3. The van der Waals surface area contributed by atoms with Crippen LogP contribution in [0.1, 0.15) is 41.0 Å². The summed E-state index contributed by atoms with van der Waals surface area (Å²) in [5.41, 5.74) is 1.28. The van der Waals surface area contributed by atoms with Crippen molar-refractivity contribution in [2.75, 3.05) is 18.4 Å². The molecule has 2 N–H and O–H groups in total. The summed E-state index contributed by atoms with van der Waals surface area (Å²) < 4.78 is 38.9. The number of hydrogen-bond donors (Lipinski definition) is 2. The molecular formula is C25H23F3N6O2. The Morgan fingerprint density at radius 3 is 2.64 bits per heavy atom. The fourth-order valence-corrected chi connectivity index (χ4v) is 4.89. The second kappa shape index (κ2) is 8.89. The molecule has 3 aromatic rings. The molecule has 2 fully saturated rings. The van der Waals surface area contributed by atoms with Gasteiger partial charge < -0.3 is 15.5 Å². The zero-order valence-corrected chi connectivity index (χ0v) is 19.4. The number of aryl methyl sites for hydroxylation is 1. The van der Waals surface area contributed by atoms with Crippen molar-refractivity contribution >= 4 is 23.5 Å². The van der Waals surface area contributed by atoms with Gasteiger partial charge in [0, 0.05) is 36.7 Å². The quantitative estimate of drug-likeness (QED) is 0.564. The minimum absolute atomic E-state index is 0.102. The van der Waals surface area contributed by atoms with Crippen molar-refractivity contribution in [1.82, 2.24) is 25.2 Å². The predicted molar refractivity (Wildman–Crippen MR) is 125 cm³/mol. The van der Waals surface area contributed by atoms with Crippen molar-refractivity contribution in [1.29, 1.82) is 0 Å². The van der Waals surface area contributed by atoms with Crippen LogP contribution in [0.3, 0.4) is 0 Å². The zero-order valence-electron chi connectivity index (χ0n) is 19.4. The Bertz CT molecular complexity index is 1320. The highest BCUT2D eigenvalue weighted by Crippen LogP contribution is 2.36. The van der Waals surface area contributed by atoms with Gasteiger partial charge in [0.1, 0.15) is 16.9 Å². The number of benzene rings is 1. The third-order valence-electron chi connectivity index (χ3n) is 6.58. The molecule has 0 aliphatic carbocycles. The summed E-state index contributed by atoms with van der Waals surface area (Å²) >= 11 is 0. The Labute approximate surface area is 205 Å². The number of halogens is 3. The average Bonchev–Trinajstić information content (AvgIpc) is 3.44. The van der Waals surface area contributed by atoms with Crippen molar-refractivity contribution in [3.05, 3.63) is 65.7 Å². The maximum absolute atomic E-state index is 13.2. The number of likely N-dealkylation sites (tertiary alicyclic amines) is 1. The van der Waals surface area contributed by atoms with Crippen LogP contribution >= 0.6 is 0 Å². The zero-order chi connectivity index (χ0) is 25.5. The van der Waals surface area contributed by atoms with Crippen LogP contribution in [0, 0.1) is 6.92 Å². The molecule has 1 spiro atoms. The molecule has 186 valence electrons. The monoisotopic (exact) mass is 496 g/mol. The van der Waals surface area contributed by atoms with Gasteiger partial charge in [-0.1, -0.05) is 12.1 Å². The Kier molecular flexibility index (Phi) is 5.85. The highest BCUT2D eigenvalue weighted by Gasteiger charge is 2.52. The fourth-order valence-electron chi connectivity index (χ4n) is 4.89. The number of nitrogens with zero attached hydrogens (tertiary/aromatic N) is 4. The minimum Gasteiger partial charge on any atom is -0.354 e. The van der Waals surface area contributed by atoms with Crippen molar-refractivity contribution in [2.45, 2.75) is 37.9 Å². The molecule has 0 bridgehead atoms. The van der Waals surface area contributed by atoms with E-state index >= 15 is 0 Å². The van der Waals surface area contributed by atoms with Gasteiger partial charge in [0.15, 0.2) is 0 Å². The maximum atomic E-state index is 13.2. The third kappa shape index (κ3) is 4.36. The minimum atomic E-state index is -4.57. The predicted octanol–water partition coefficient (Wildman–Crippen LogP) is 4.10. The van der Waals surface area contributed by atoms with E-state index in [1.165, 1.54) is 0 Å². The highest BCUT2D eigenvalue weighted by atomic mass is 19.4. The van der Waals surface area contributed by atoms with Gasteiger partial charge in [-0.2, -0.15) is 13.2 Å². The summed E-state index contributed by atoms with van der Waals surface area (Å²) in [6.07, 6.45) is 0.0735. The van der Waals surface area contributed by atoms with E-state index in [-0.39, 0.29) is 23.5 Å². The molecule has 2 saturated heterocycles. The van der Waals surface area contributed by atoms with E-state index in [1.807, 2.05) is 13.0 Å². The SMILES string of the molecule is Cc1cc(Nc2nccc(C(F)(F)F)n2)cc(-c2ccc(C(=O)N3CCCC34CCNC4=O)nc2)c1. The number of anilines is 2. The van der Waals surface area contributed by atoms with Gasteiger partial charge in [-0.05, 0) is 61.6 Å². The van der Waals surface area contributed by atoms with Crippen molar-refractivity contribution in [3.63, 3.8) is 0 Å². The van der Waals surface area contributed by atoms with E-state index in [9.17, 15) is 22.8 Å². The van der Waals surface area contributed by atoms with Crippen molar-refractivity contribution in [2.24, 2.45) is 0 Å². The van der Waals surface area contributed by atoms with Gasteiger partial charge in [0.05, 0.1) is 0 Å². The summed E-state index contributed by atoms with van der Waals surface area (Å²) in [6, 6.07) is 9.60. The molecular weight excluding hydrogens is 473 g/mol. The number of amides is 2. The molecule has 1 aromatic carbocycles. The molecule has 8 nitrogen and oxygen atoms in total. The number of carbonyl (C=O) groups excluding carboxylic acids is 2. The van der Waals surface area contributed by atoms with Gasteiger partial charge in [0.2, 0.25) is 11.9 Å². The largest absolute Gasteiger partial charge is 0.433 e. The number of alkyl halides is 3. The molecule has 2 amide bonds. The Hall–Kier alpha value is -4.02. The molecule has 1 unspecified atom stereocenters. The van der Waals surface area contributed by atoms with Crippen molar-refractivity contribution in [3.8, 4) is 11.1 Å². The average molecular weight is 496 g/mol. The van der Waals surface area contributed by atoms with E-state index in [1.54, 1.807) is 35.4 Å². The summed E-state index contributed by atoms with van der Waals surface area (Å²) in [4.78, 5) is 39.1.